The van der Waals surface area contributed by atoms with Gasteiger partial charge in [0.25, 0.3) is 0 Å². The van der Waals surface area contributed by atoms with E-state index >= 15 is 0 Å². The highest BCUT2D eigenvalue weighted by Gasteiger charge is 2.21. The average Bonchev–Trinajstić information content (AvgIpc) is 2.17. The van der Waals surface area contributed by atoms with Crippen LogP contribution in [-0.4, -0.2) is 5.60 Å². The van der Waals surface area contributed by atoms with Crippen molar-refractivity contribution in [2.75, 3.05) is 0 Å². The predicted octanol–water partition coefficient (Wildman–Crippen LogP) is 1.87. The van der Waals surface area contributed by atoms with Crippen molar-refractivity contribution in [2.24, 2.45) is 0 Å². The molecule has 0 N–H and O–H groups in total. The molecule has 0 aromatic rings. The first kappa shape index (κ1) is 5.42. The van der Waals surface area contributed by atoms with E-state index in [4.69, 9.17) is 4.74 Å². The summed E-state index contributed by atoms with van der Waals surface area (Å²) in [5.41, 5.74) is -0.111. The van der Waals surface area contributed by atoms with Gasteiger partial charge in [-0.05, 0) is 19.1 Å². The fraction of sp³-hybridized carbons (Fsp3) is 0.429. The number of hydrogen-bond acceptors (Lipinski definition) is 1. The molecule has 1 atom stereocenters. The van der Waals surface area contributed by atoms with Crippen LogP contribution in [0.25, 0.3) is 0 Å². The SMILES string of the molecule is C=C[C@]1(C)CC=CO1. The van der Waals surface area contributed by atoms with Gasteiger partial charge in [0.15, 0.2) is 0 Å². The van der Waals surface area contributed by atoms with Crippen molar-refractivity contribution in [3.8, 4) is 0 Å². The van der Waals surface area contributed by atoms with E-state index in [1.54, 1.807) is 6.26 Å². The largest absolute Gasteiger partial charge is 0.491 e. The summed E-state index contributed by atoms with van der Waals surface area (Å²) in [6.07, 6.45) is 6.51. The molecule has 0 saturated heterocycles. The van der Waals surface area contributed by atoms with Crippen LogP contribution in [0.2, 0.25) is 0 Å². The van der Waals surface area contributed by atoms with Crippen LogP contribution in [0, 0.1) is 0 Å². The average molecular weight is 110 g/mol. The lowest BCUT2D eigenvalue weighted by Crippen LogP contribution is -2.17. The monoisotopic (exact) mass is 110 g/mol. The second-order valence-corrected chi connectivity index (χ2v) is 2.21. The number of rotatable bonds is 1. The zero-order valence-corrected chi connectivity index (χ0v) is 5.05. The van der Waals surface area contributed by atoms with Crippen LogP contribution >= 0.6 is 0 Å². The highest BCUT2D eigenvalue weighted by molar-refractivity contribution is 5.04. The highest BCUT2D eigenvalue weighted by atomic mass is 16.5. The van der Waals surface area contributed by atoms with E-state index in [1.165, 1.54) is 0 Å². The topological polar surface area (TPSA) is 9.23 Å². The van der Waals surface area contributed by atoms with Gasteiger partial charge in [-0.1, -0.05) is 6.58 Å². The van der Waals surface area contributed by atoms with E-state index in [0.717, 1.165) is 6.42 Å². The summed E-state index contributed by atoms with van der Waals surface area (Å²) in [4.78, 5) is 0. The Hall–Kier alpha value is -0.720. The molecule has 44 valence electrons. The van der Waals surface area contributed by atoms with Gasteiger partial charge >= 0.3 is 0 Å². The zero-order chi connectivity index (χ0) is 6.04. The van der Waals surface area contributed by atoms with Gasteiger partial charge in [-0.2, -0.15) is 0 Å². The first-order valence-electron chi connectivity index (χ1n) is 2.73. The Bertz CT molecular complexity index is 116. The van der Waals surface area contributed by atoms with Gasteiger partial charge in [0.05, 0.1) is 6.26 Å². The van der Waals surface area contributed by atoms with Crippen LogP contribution in [-0.2, 0) is 4.74 Å². The smallest absolute Gasteiger partial charge is 0.127 e. The molecule has 8 heavy (non-hydrogen) atoms. The minimum absolute atomic E-state index is 0.111. The Kier molecular flexibility index (Phi) is 1.12. The molecule has 1 heterocycles. The summed E-state index contributed by atoms with van der Waals surface area (Å²) in [7, 11) is 0. The third-order valence-electron chi connectivity index (χ3n) is 1.39. The number of hydrogen-bond donors (Lipinski definition) is 0. The van der Waals surface area contributed by atoms with Crippen molar-refractivity contribution in [2.45, 2.75) is 18.9 Å². The lowest BCUT2D eigenvalue weighted by atomic mass is 10.1. The molecular formula is C7H10O. The normalized spacial score (nSPS) is 34.6. The summed E-state index contributed by atoms with van der Waals surface area (Å²) in [6.45, 7) is 5.66. The molecule has 1 aliphatic rings. The van der Waals surface area contributed by atoms with Crippen LogP contribution in [0.5, 0.6) is 0 Å². The summed E-state index contributed by atoms with van der Waals surface area (Å²) in [6, 6.07) is 0. The summed E-state index contributed by atoms with van der Waals surface area (Å²) < 4.78 is 5.19. The van der Waals surface area contributed by atoms with Gasteiger partial charge in [0, 0.05) is 6.42 Å². The van der Waals surface area contributed by atoms with E-state index in [9.17, 15) is 0 Å². The number of ether oxygens (including phenoxy) is 1. The molecule has 1 nitrogen and oxygen atoms in total. The second-order valence-electron chi connectivity index (χ2n) is 2.21. The van der Waals surface area contributed by atoms with E-state index in [-0.39, 0.29) is 5.60 Å². The summed E-state index contributed by atoms with van der Waals surface area (Å²) in [5, 5.41) is 0. The van der Waals surface area contributed by atoms with Crippen molar-refractivity contribution in [3.05, 3.63) is 25.0 Å². The molecule has 0 bridgehead atoms. The van der Waals surface area contributed by atoms with Gasteiger partial charge in [-0.25, -0.2) is 0 Å². The zero-order valence-electron chi connectivity index (χ0n) is 5.05. The quantitative estimate of drug-likeness (QED) is 0.468. The Labute approximate surface area is 49.7 Å². The highest BCUT2D eigenvalue weighted by Crippen LogP contribution is 2.22. The first-order chi connectivity index (χ1) is 3.77. The molecule has 0 spiro atoms. The molecule has 0 unspecified atom stereocenters. The van der Waals surface area contributed by atoms with Crippen LogP contribution in [0.3, 0.4) is 0 Å². The van der Waals surface area contributed by atoms with Crippen LogP contribution < -0.4 is 0 Å². The molecule has 0 saturated carbocycles. The fourth-order valence-electron chi connectivity index (χ4n) is 0.665. The predicted molar refractivity (Wildman–Crippen MR) is 33.4 cm³/mol. The van der Waals surface area contributed by atoms with Gasteiger partial charge in [-0.3, -0.25) is 0 Å². The van der Waals surface area contributed by atoms with Gasteiger partial charge in [0.2, 0.25) is 0 Å². The second kappa shape index (κ2) is 1.66. The molecule has 1 rings (SSSR count). The molecular weight excluding hydrogens is 100 g/mol. The fourth-order valence-corrected chi connectivity index (χ4v) is 0.665. The van der Waals surface area contributed by atoms with E-state index < -0.39 is 0 Å². The van der Waals surface area contributed by atoms with E-state index in [0.29, 0.717) is 0 Å². The minimum Gasteiger partial charge on any atom is -0.491 e. The molecule has 0 radical (unpaired) electrons. The first-order valence-corrected chi connectivity index (χ1v) is 2.73. The lowest BCUT2D eigenvalue weighted by Gasteiger charge is -2.17. The molecule has 0 aliphatic carbocycles. The van der Waals surface area contributed by atoms with Crippen molar-refractivity contribution in [1.29, 1.82) is 0 Å². The maximum Gasteiger partial charge on any atom is 0.127 e. The summed E-state index contributed by atoms with van der Waals surface area (Å²) >= 11 is 0. The summed E-state index contributed by atoms with van der Waals surface area (Å²) in [5.74, 6) is 0. The molecule has 0 amide bonds. The standard InChI is InChI=1S/C7H10O/c1-3-7(2)5-4-6-8-7/h3-4,6H,1,5H2,2H3/t7-/m1/s1. The molecule has 1 aliphatic heterocycles. The molecule has 0 fully saturated rings. The van der Waals surface area contributed by atoms with Crippen molar-refractivity contribution < 1.29 is 4.74 Å². The lowest BCUT2D eigenvalue weighted by molar-refractivity contribution is 0.112. The van der Waals surface area contributed by atoms with Gasteiger partial charge in [-0.15, -0.1) is 0 Å². The van der Waals surface area contributed by atoms with Crippen molar-refractivity contribution in [3.63, 3.8) is 0 Å². The van der Waals surface area contributed by atoms with Crippen LogP contribution in [0.15, 0.2) is 25.0 Å². The van der Waals surface area contributed by atoms with Crippen molar-refractivity contribution in [1.82, 2.24) is 0 Å². The van der Waals surface area contributed by atoms with Crippen molar-refractivity contribution >= 4 is 0 Å². The van der Waals surface area contributed by atoms with Gasteiger partial charge in [0.1, 0.15) is 5.60 Å². The molecule has 0 aromatic heterocycles. The molecule has 0 aromatic carbocycles. The maximum atomic E-state index is 5.19. The third-order valence-corrected chi connectivity index (χ3v) is 1.39. The Morgan fingerprint density at radius 3 is 2.88 bits per heavy atom. The van der Waals surface area contributed by atoms with Crippen LogP contribution in [0.4, 0.5) is 0 Å². The maximum absolute atomic E-state index is 5.19. The van der Waals surface area contributed by atoms with Gasteiger partial charge < -0.3 is 4.74 Å². The third kappa shape index (κ3) is 0.760. The Morgan fingerprint density at radius 1 is 1.88 bits per heavy atom. The van der Waals surface area contributed by atoms with Crippen LogP contribution in [0.1, 0.15) is 13.3 Å². The Balaban J connectivity index is 2.58. The minimum atomic E-state index is -0.111. The van der Waals surface area contributed by atoms with E-state index in [1.807, 2.05) is 19.1 Å². The Morgan fingerprint density at radius 2 is 2.62 bits per heavy atom. The van der Waals surface area contributed by atoms with E-state index in [2.05, 4.69) is 6.58 Å². The molecule has 1 heteroatoms.